The van der Waals surface area contributed by atoms with E-state index in [0.717, 1.165) is 4.31 Å². The monoisotopic (exact) mass is 259 g/mol. The van der Waals surface area contributed by atoms with Crippen LogP contribution in [0.5, 0.6) is 0 Å². The zero-order valence-electron chi connectivity index (χ0n) is 8.03. The summed E-state index contributed by atoms with van der Waals surface area (Å²) in [6.45, 7) is -3.48. The molecule has 16 heavy (non-hydrogen) atoms. The van der Waals surface area contributed by atoms with Crippen LogP contribution in [-0.4, -0.2) is 38.0 Å². The van der Waals surface area contributed by atoms with E-state index in [1.165, 1.54) is 6.20 Å². The SMILES string of the molecule is CN1C=CN(S(=O)(=O)N=[N+]=[N-])C1.FC(F)F. The molecule has 11 heteroatoms. The summed E-state index contributed by atoms with van der Waals surface area (Å²) in [6, 6.07) is 0. The maximum atomic E-state index is 11.0. The van der Waals surface area contributed by atoms with Crippen LogP contribution in [0.4, 0.5) is 13.2 Å². The summed E-state index contributed by atoms with van der Waals surface area (Å²) >= 11 is 0. The third-order valence-electron chi connectivity index (χ3n) is 1.29. The first-order valence-electron chi connectivity index (χ1n) is 3.68. The highest BCUT2D eigenvalue weighted by atomic mass is 32.2. The van der Waals surface area contributed by atoms with Gasteiger partial charge in [-0.15, -0.1) is 0 Å². The van der Waals surface area contributed by atoms with Gasteiger partial charge in [-0.05, 0) is 5.53 Å². The summed E-state index contributed by atoms with van der Waals surface area (Å²) in [4.78, 5) is 3.86. The summed E-state index contributed by atoms with van der Waals surface area (Å²) in [5.41, 5.74) is 7.94. The molecule has 7 nitrogen and oxygen atoms in total. The first-order chi connectivity index (χ1) is 7.29. The van der Waals surface area contributed by atoms with Crippen LogP contribution in [0.25, 0.3) is 10.4 Å². The Hall–Kier alpha value is -1.61. The number of nitrogens with zero attached hydrogens (tertiary/aromatic N) is 5. The van der Waals surface area contributed by atoms with E-state index in [1.54, 1.807) is 18.1 Å². The molecule has 1 aliphatic heterocycles. The molecule has 0 bridgehead atoms. The highest BCUT2D eigenvalue weighted by Gasteiger charge is 2.20. The second-order valence-corrected chi connectivity index (χ2v) is 4.01. The molecule has 0 saturated heterocycles. The molecule has 0 aromatic carbocycles. The van der Waals surface area contributed by atoms with Crippen LogP contribution in [0.1, 0.15) is 0 Å². The molecule has 1 heterocycles. The number of hydrogen-bond donors (Lipinski definition) is 0. The topological polar surface area (TPSA) is 89.4 Å². The summed E-state index contributed by atoms with van der Waals surface area (Å²) in [5.74, 6) is 0. The molecular weight excluding hydrogens is 251 g/mol. The van der Waals surface area contributed by atoms with Crippen molar-refractivity contribution in [1.82, 2.24) is 9.21 Å². The predicted octanol–water partition coefficient (Wildman–Crippen LogP) is 1.40. The molecule has 0 N–H and O–H groups in total. The zero-order chi connectivity index (χ0) is 12.8. The predicted molar refractivity (Wildman–Crippen MR) is 48.8 cm³/mol. The molecule has 0 radical (unpaired) electrons. The second-order valence-electron chi connectivity index (χ2n) is 2.48. The van der Waals surface area contributed by atoms with Gasteiger partial charge >= 0.3 is 16.9 Å². The van der Waals surface area contributed by atoms with Gasteiger partial charge in [-0.3, -0.25) is 4.31 Å². The van der Waals surface area contributed by atoms with Crippen LogP contribution in [0, 0.1) is 0 Å². The van der Waals surface area contributed by atoms with Crippen molar-refractivity contribution in [3.8, 4) is 0 Å². The van der Waals surface area contributed by atoms with Crippen LogP contribution >= 0.6 is 0 Å². The molecule has 1 rings (SSSR count). The largest absolute Gasteiger partial charge is 0.379 e. The molecule has 0 fully saturated rings. The van der Waals surface area contributed by atoms with E-state index in [9.17, 15) is 21.6 Å². The van der Waals surface area contributed by atoms with Gasteiger partial charge in [-0.25, -0.2) is 0 Å². The average Bonchev–Trinajstić information content (AvgIpc) is 2.51. The van der Waals surface area contributed by atoms with Gasteiger partial charge in [0.25, 0.3) is 0 Å². The number of alkyl halides is 3. The highest BCUT2D eigenvalue weighted by molar-refractivity contribution is 7.87. The summed E-state index contributed by atoms with van der Waals surface area (Å²) in [6.07, 6.45) is 2.91. The molecular formula is C5H8F3N5O2S. The second kappa shape index (κ2) is 6.08. The first kappa shape index (κ1) is 14.4. The smallest absolute Gasteiger partial charge is 0.361 e. The van der Waals surface area contributed by atoms with Gasteiger partial charge < -0.3 is 4.90 Å². The highest BCUT2D eigenvalue weighted by Crippen LogP contribution is 2.10. The Morgan fingerprint density at radius 1 is 1.44 bits per heavy atom. The van der Waals surface area contributed by atoms with Crippen molar-refractivity contribution in [1.29, 1.82) is 0 Å². The van der Waals surface area contributed by atoms with Crippen molar-refractivity contribution in [2.24, 2.45) is 4.52 Å². The van der Waals surface area contributed by atoms with Crippen LogP contribution in [-0.2, 0) is 10.2 Å². The standard InChI is InChI=1S/C4H7N5O2S.CHF3/c1-8-2-3-9(4-8)12(10,11)7-6-5;2-1(3)4/h2-3H,4H2,1H3;1H. The minimum atomic E-state index is -3.83. The fraction of sp³-hybridized carbons (Fsp3) is 0.600. The molecule has 0 spiro atoms. The van der Waals surface area contributed by atoms with Gasteiger partial charge in [0.2, 0.25) is 0 Å². The Kier molecular flexibility index (Phi) is 5.47. The first-order valence-corrected chi connectivity index (χ1v) is 5.08. The molecule has 92 valence electrons. The molecule has 0 atom stereocenters. The molecule has 0 aromatic heterocycles. The fourth-order valence-corrected chi connectivity index (χ4v) is 1.47. The van der Waals surface area contributed by atoms with Crippen molar-refractivity contribution in [3.05, 3.63) is 22.8 Å². The van der Waals surface area contributed by atoms with Crippen LogP contribution in [0.15, 0.2) is 16.9 Å². The van der Waals surface area contributed by atoms with Gasteiger partial charge in [-0.2, -0.15) is 21.6 Å². The van der Waals surface area contributed by atoms with E-state index in [4.69, 9.17) is 5.53 Å². The van der Waals surface area contributed by atoms with Crippen molar-refractivity contribution in [2.75, 3.05) is 13.7 Å². The quantitative estimate of drug-likeness (QED) is 0.426. The Morgan fingerprint density at radius 3 is 2.25 bits per heavy atom. The third kappa shape index (κ3) is 5.32. The fourth-order valence-electron chi connectivity index (χ4n) is 0.745. The Balaban J connectivity index is 0.000000487. The molecule has 0 aromatic rings. The van der Waals surface area contributed by atoms with E-state index in [0.29, 0.717) is 0 Å². The van der Waals surface area contributed by atoms with E-state index >= 15 is 0 Å². The minimum absolute atomic E-state index is 0.182. The van der Waals surface area contributed by atoms with Gasteiger partial charge in [0, 0.05) is 24.4 Å². The maximum absolute atomic E-state index is 11.0. The van der Waals surface area contributed by atoms with E-state index in [-0.39, 0.29) is 6.67 Å². The Morgan fingerprint density at radius 2 is 1.94 bits per heavy atom. The Labute approximate surface area is 89.6 Å². The molecule has 0 saturated carbocycles. The van der Waals surface area contributed by atoms with Gasteiger partial charge in [0.05, 0.1) is 4.52 Å². The van der Waals surface area contributed by atoms with Gasteiger partial charge in [-0.1, -0.05) is 0 Å². The lowest BCUT2D eigenvalue weighted by Gasteiger charge is -2.14. The Bertz CT molecular complexity index is 388. The maximum Gasteiger partial charge on any atom is 0.379 e. The van der Waals surface area contributed by atoms with Gasteiger partial charge in [0.1, 0.15) is 6.67 Å². The summed E-state index contributed by atoms with van der Waals surface area (Å²) in [7, 11) is -2.12. The third-order valence-corrected chi connectivity index (χ3v) is 2.40. The molecule has 0 amide bonds. The molecule has 0 aliphatic carbocycles. The van der Waals surface area contributed by atoms with Crippen molar-refractivity contribution >= 4 is 10.2 Å². The van der Waals surface area contributed by atoms with Gasteiger partial charge in [0.15, 0.2) is 0 Å². The normalized spacial score (nSPS) is 14.6. The van der Waals surface area contributed by atoms with Crippen molar-refractivity contribution in [2.45, 2.75) is 6.68 Å². The minimum Gasteiger partial charge on any atom is -0.361 e. The van der Waals surface area contributed by atoms with E-state index in [1.807, 2.05) is 0 Å². The number of hydrogen-bond acceptors (Lipinski definition) is 3. The van der Waals surface area contributed by atoms with Crippen LogP contribution < -0.4 is 0 Å². The average molecular weight is 259 g/mol. The van der Waals surface area contributed by atoms with Crippen LogP contribution in [0.3, 0.4) is 0 Å². The summed E-state index contributed by atoms with van der Waals surface area (Å²) < 4.78 is 54.6. The van der Waals surface area contributed by atoms with Crippen molar-refractivity contribution < 1.29 is 21.6 Å². The number of rotatable bonds is 2. The zero-order valence-corrected chi connectivity index (χ0v) is 8.85. The lowest BCUT2D eigenvalue weighted by Crippen LogP contribution is -2.26. The number of azide groups is 1. The molecule has 0 unspecified atom stereocenters. The van der Waals surface area contributed by atoms with Crippen LogP contribution in [0.2, 0.25) is 0 Å². The van der Waals surface area contributed by atoms with Crippen molar-refractivity contribution in [3.63, 3.8) is 0 Å². The lowest BCUT2D eigenvalue weighted by atomic mass is 10.9. The number of halogens is 3. The lowest BCUT2D eigenvalue weighted by molar-refractivity contribution is 0.00819. The van der Waals surface area contributed by atoms with E-state index in [2.05, 4.69) is 9.43 Å². The molecule has 1 aliphatic rings. The summed E-state index contributed by atoms with van der Waals surface area (Å²) in [5, 5.41) is 0. The van der Waals surface area contributed by atoms with E-state index < -0.39 is 16.9 Å².